The van der Waals surface area contributed by atoms with E-state index in [1.165, 1.54) is 12.1 Å². The van der Waals surface area contributed by atoms with Gasteiger partial charge in [-0.2, -0.15) is 11.8 Å². The topological polar surface area (TPSA) is 15.3 Å². The number of likely N-dealkylation sites (N-methyl/N-ethyl adjacent to an activating group) is 2. The van der Waals surface area contributed by atoms with Crippen LogP contribution in [0.15, 0.2) is 12.1 Å². The predicted molar refractivity (Wildman–Crippen MR) is 76.6 cm³/mol. The SMILES string of the molecule is CNC(c1c(F)ccc(C)c1F)C1CSCCN1C. The maximum absolute atomic E-state index is 14.3. The Morgan fingerprint density at radius 2 is 2.16 bits per heavy atom. The molecule has 1 aromatic carbocycles. The summed E-state index contributed by atoms with van der Waals surface area (Å²) in [7, 11) is 3.78. The molecule has 1 heterocycles. The van der Waals surface area contributed by atoms with Crippen LogP contribution >= 0.6 is 11.8 Å². The Hall–Kier alpha value is -0.650. The van der Waals surface area contributed by atoms with Crippen molar-refractivity contribution >= 4 is 11.8 Å². The number of rotatable bonds is 3. The molecule has 2 rings (SSSR count). The van der Waals surface area contributed by atoms with Gasteiger partial charge in [0, 0.05) is 29.7 Å². The van der Waals surface area contributed by atoms with E-state index in [1.807, 2.05) is 18.8 Å². The van der Waals surface area contributed by atoms with Crippen LogP contribution in [0.1, 0.15) is 17.2 Å². The number of benzene rings is 1. The summed E-state index contributed by atoms with van der Waals surface area (Å²) in [5, 5.41) is 3.09. The first-order chi connectivity index (χ1) is 9.06. The molecule has 0 spiro atoms. The van der Waals surface area contributed by atoms with Crippen LogP contribution in [0.5, 0.6) is 0 Å². The first-order valence-corrected chi connectivity index (χ1v) is 7.61. The number of aryl methyl sites for hydroxylation is 1. The van der Waals surface area contributed by atoms with Crippen molar-refractivity contribution < 1.29 is 8.78 Å². The van der Waals surface area contributed by atoms with Crippen LogP contribution in [0.4, 0.5) is 8.78 Å². The molecule has 2 nitrogen and oxygen atoms in total. The molecule has 0 radical (unpaired) electrons. The molecule has 2 atom stereocenters. The standard InChI is InChI=1S/C14H20F2N2S/c1-9-4-5-10(15)12(13(9)16)14(17-2)11-8-19-7-6-18(11)3/h4-5,11,14,17H,6-8H2,1-3H3. The quantitative estimate of drug-likeness (QED) is 0.919. The van der Waals surface area contributed by atoms with Gasteiger partial charge in [-0.15, -0.1) is 0 Å². The van der Waals surface area contributed by atoms with E-state index in [0.29, 0.717) is 5.56 Å². The number of nitrogens with one attached hydrogen (secondary N) is 1. The predicted octanol–water partition coefficient (Wildman–Crippen LogP) is 2.58. The molecular weight excluding hydrogens is 266 g/mol. The third-order valence-corrected chi connectivity index (χ3v) is 4.82. The van der Waals surface area contributed by atoms with Crippen LogP contribution in [0, 0.1) is 18.6 Å². The van der Waals surface area contributed by atoms with E-state index in [0.717, 1.165) is 18.1 Å². The highest BCUT2D eigenvalue weighted by molar-refractivity contribution is 7.99. The van der Waals surface area contributed by atoms with Crippen LogP contribution in [-0.4, -0.2) is 43.1 Å². The molecule has 1 aliphatic heterocycles. The van der Waals surface area contributed by atoms with Crippen LogP contribution in [0.25, 0.3) is 0 Å². The lowest BCUT2D eigenvalue weighted by molar-refractivity contribution is 0.215. The van der Waals surface area contributed by atoms with Gasteiger partial charge in [0.25, 0.3) is 0 Å². The van der Waals surface area contributed by atoms with Crippen LogP contribution < -0.4 is 5.32 Å². The first kappa shape index (κ1) is 14.8. The molecule has 1 saturated heterocycles. The van der Waals surface area contributed by atoms with Gasteiger partial charge in [0.15, 0.2) is 0 Å². The molecule has 1 aromatic rings. The molecule has 1 aliphatic rings. The van der Waals surface area contributed by atoms with E-state index in [4.69, 9.17) is 0 Å². The van der Waals surface area contributed by atoms with E-state index in [-0.39, 0.29) is 17.6 Å². The zero-order valence-corrected chi connectivity index (χ0v) is 12.4. The molecule has 5 heteroatoms. The average Bonchev–Trinajstić information content (AvgIpc) is 2.40. The Bertz CT molecular complexity index is 453. The normalized spacial score (nSPS) is 22.5. The lowest BCUT2D eigenvalue weighted by Gasteiger charge is -2.38. The molecule has 0 amide bonds. The average molecular weight is 286 g/mol. The Labute approximate surface area is 117 Å². The molecule has 0 aromatic heterocycles. The third-order valence-electron chi connectivity index (χ3n) is 3.77. The van der Waals surface area contributed by atoms with Crippen LogP contribution in [0.3, 0.4) is 0 Å². The minimum absolute atomic E-state index is 0.106. The Morgan fingerprint density at radius 1 is 1.42 bits per heavy atom. The van der Waals surface area contributed by atoms with Gasteiger partial charge in [-0.05, 0) is 32.6 Å². The van der Waals surface area contributed by atoms with Crippen molar-refractivity contribution in [3.8, 4) is 0 Å². The number of halogens is 2. The van der Waals surface area contributed by atoms with E-state index in [2.05, 4.69) is 10.2 Å². The smallest absolute Gasteiger partial charge is 0.133 e. The zero-order valence-electron chi connectivity index (χ0n) is 11.5. The molecule has 1 N–H and O–H groups in total. The molecule has 0 saturated carbocycles. The fraction of sp³-hybridized carbons (Fsp3) is 0.571. The summed E-state index contributed by atoms with van der Waals surface area (Å²) in [6, 6.07) is 2.63. The van der Waals surface area contributed by atoms with E-state index < -0.39 is 11.6 Å². The van der Waals surface area contributed by atoms with E-state index in [1.54, 1.807) is 14.0 Å². The lowest BCUT2D eigenvalue weighted by Crippen LogP contribution is -2.47. The minimum Gasteiger partial charge on any atom is -0.311 e. The van der Waals surface area contributed by atoms with Crippen molar-refractivity contribution in [2.45, 2.75) is 19.0 Å². The molecular formula is C14H20F2N2S. The highest BCUT2D eigenvalue weighted by Gasteiger charge is 2.32. The molecule has 0 aliphatic carbocycles. The van der Waals surface area contributed by atoms with Gasteiger partial charge in [0.2, 0.25) is 0 Å². The minimum atomic E-state index is -0.466. The summed E-state index contributed by atoms with van der Waals surface area (Å²) in [6.45, 7) is 2.62. The lowest BCUT2D eigenvalue weighted by atomic mass is 9.96. The van der Waals surface area contributed by atoms with Crippen molar-refractivity contribution in [2.24, 2.45) is 0 Å². The highest BCUT2D eigenvalue weighted by atomic mass is 32.2. The summed E-state index contributed by atoms with van der Waals surface area (Å²) in [4.78, 5) is 2.18. The Balaban J connectivity index is 2.39. The Morgan fingerprint density at radius 3 is 2.79 bits per heavy atom. The molecule has 0 bridgehead atoms. The fourth-order valence-electron chi connectivity index (χ4n) is 2.55. The molecule has 1 fully saturated rings. The van der Waals surface area contributed by atoms with Crippen LogP contribution in [0.2, 0.25) is 0 Å². The maximum Gasteiger partial charge on any atom is 0.133 e. The van der Waals surface area contributed by atoms with Crippen LogP contribution in [-0.2, 0) is 0 Å². The first-order valence-electron chi connectivity index (χ1n) is 6.46. The number of hydrogen-bond donors (Lipinski definition) is 1. The fourth-order valence-corrected chi connectivity index (χ4v) is 3.82. The number of nitrogens with zero attached hydrogens (tertiary/aromatic N) is 1. The van der Waals surface area contributed by atoms with Gasteiger partial charge in [-0.25, -0.2) is 8.78 Å². The molecule has 2 unspecified atom stereocenters. The summed E-state index contributed by atoms with van der Waals surface area (Å²) in [5.41, 5.74) is 0.657. The second-order valence-corrected chi connectivity index (χ2v) is 6.13. The van der Waals surface area contributed by atoms with Crippen molar-refractivity contribution in [3.63, 3.8) is 0 Å². The van der Waals surface area contributed by atoms with Crippen molar-refractivity contribution in [3.05, 3.63) is 34.9 Å². The van der Waals surface area contributed by atoms with Crippen molar-refractivity contribution in [2.75, 3.05) is 32.1 Å². The maximum atomic E-state index is 14.3. The molecule has 19 heavy (non-hydrogen) atoms. The zero-order chi connectivity index (χ0) is 14.0. The molecule has 106 valence electrons. The monoisotopic (exact) mass is 286 g/mol. The summed E-state index contributed by atoms with van der Waals surface area (Å²) < 4.78 is 28.3. The van der Waals surface area contributed by atoms with Gasteiger partial charge in [0.1, 0.15) is 11.6 Å². The number of thioether (sulfide) groups is 1. The summed E-state index contributed by atoms with van der Waals surface area (Å²) in [6.07, 6.45) is 0. The van der Waals surface area contributed by atoms with E-state index in [9.17, 15) is 8.78 Å². The third kappa shape index (κ3) is 2.93. The summed E-state index contributed by atoms with van der Waals surface area (Å²) in [5.74, 6) is 1.06. The van der Waals surface area contributed by atoms with Gasteiger partial charge in [0.05, 0.1) is 6.04 Å². The van der Waals surface area contributed by atoms with Crippen molar-refractivity contribution in [1.82, 2.24) is 10.2 Å². The summed E-state index contributed by atoms with van der Waals surface area (Å²) >= 11 is 1.83. The number of hydrogen-bond acceptors (Lipinski definition) is 3. The van der Waals surface area contributed by atoms with Gasteiger partial charge in [-0.1, -0.05) is 6.07 Å². The van der Waals surface area contributed by atoms with E-state index >= 15 is 0 Å². The second-order valence-electron chi connectivity index (χ2n) is 4.98. The highest BCUT2D eigenvalue weighted by Crippen LogP contribution is 2.30. The second kappa shape index (κ2) is 6.20. The largest absolute Gasteiger partial charge is 0.311 e. The van der Waals surface area contributed by atoms with Gasteiger partial charge >= 0.3 is 0 Å². The van der Waals surface area contributed by atoms with Crippen molar-refractivity contribution in [1.29, 1.82) is 0 Å². The van der Waals surface area contributed by atoms with Gasteiger partial charge in [-0.3, -0.25) is 4.90 Å². The van der Waals surface area contributed by atoms with Gasteiger partial charge < -0.3 is 5.32 Å². The Kier molecular flexibility index (Phi) is 4.81.